The number of Topliss-reactive ketones (excluding diaryl/α,β-unsaturated/α-hetero) is 1. The monoisotopic (exact) mass is 264 g/mol. The van der Waals surface area contributed by atoms with Crippen molar-refractivity contribution in [3.05, 3.63) is 35.1 Å². The lowest BCUT2D eigenvalue weighted by Crippen LogP contribution is -2.10. The molecule has 0 saturated carbocycles. The fourth-order valence-corrected chi connectivity index (χ4v) is 1.43. The molecule has 0 fully saturated rings. The molecule has 0 aliphatic heterocycles. The van der Waals surface area contributed by atoms with Gasteiger partial charge in [-0.3, -0.25) is 4.79 Å². The number of hydrogen-bond donors (Lipinski definition) is 0. The molecule has 0 spiro atoms. The van der Waals surface area contributed by atoms with E-state index >= 15 is 0 Å². The first-order valence-electron chi connectivity index (χ1n) is 5.25. The molecule has 1 rings (SSSR count). The van der Waals surface area contributed by atoms with E-state index in [1.807, 2.05) is 0 Å². The minimum absolute atomic E-state index is 0.0495. The Morgan fingerprint density at radius 3 is 2.56 bits per heavy atom. The van der Waals surface area contributed by atoms with Crippen LogP contribution in [0.2, 0.25) is 0 Å². The Balaban J connectivity index is 2.90. The van der Waals surface area contributed by atoms with E-state index in [9.17, 15) is 22.4 Å². The van der Waals surface area contributed by atoms with Gasteiger partial charge in [0.25, 0.3) is 0 Å². The highest BCUT2D eigenvalue weighted by atomic mass is 19.4. The molecule has 0 aliphatic carbocycles. The van der Waals surface area contributed by atoms with Gasteiger partial charge in [-0.25, -0.2) is 4.39 Å². The zero-order valence-corrected chi connectivity index (χ0v) is 9.68. The van der Waals surface area contributed by atoms with E-state index in [1.54, 1.807) is 0 Å². The number of alkyl halides is 3. The van der Waals surface area contributed by atoms with Crippen molar-refractivity contribution in [1.29, 1.82) is 0 Å². The van der Waals surface area contributed by atoms with Gasteiger partial charge in [-0.1, -0.05) is 0 Å². The molecule has 6 heteroatoms. The van der Waals surface area contributed by atoms with Crippen molar-refractivity contribution in [3.63, 3.8) is 0 Å². The molecule has 0 saturated heterocycles. The molecule has 0 unspecified atom stereocenters. The standard InChI is InChI=1S/C12H12F4O2/c1-18-6-2-3-11(17)9-7-8(12(14,15)16)4-5-10(9)13/h4-5,7H,2-3,6H2,1H3. The Morgan fingerprint density at radius 2 is 2.00 bits per heavy atom. The second-order valence-electron chi connectivity index (χ2n) is 3.71. The smallest absolute Gasteiger partial charge is 0.385 e. The van der Waals surface area contributed by atoms with Crippen LogP contribution in [0.15, 0.2) is 18.2 Å². The van der Waals surface area contributed by atoms with Crippen LogP contribution in [-0.4, -0.2) is 19.5 Å². The third kappa shape index (κ3) is 3.80. The van der Waals surface area contributed by atoms with Gasteiger partial charge in [-0.2, -0.15) is 13.2 Å². The number of methoxy groups -OCH3 is 1. The molecular weight excluding hydrogens is 252 g/mol. The number of halogens is 4. The van der Waals surface area contributed by atoms with Gasteiger partial charge in [-0.05, 0) is 24.6 Å². The third-order valence-electron chi connectivity index (χ3n) is 2.35. The molecule has 18 heavy (non-hydrogen) atoms. The van der Waals surface area contributed by atoms with Gasteiger partial charge >= 0.3 is 6.18 Å². The Bertz CT molecular complexity index is 427. The number of rotatable bonds is 5. The summed E-state index contributed by atoms with van der Waals surface area (Å²) in [6, 6.07) is 1.82. The minimum Gasteiger partial charge on any atom is -0.385 e. The summed E-state index contributed by atoms with van der Waals surface area (Å²) in [6.45, 7) is 0.298. The third-order valence-corrected chi connectivity index (χ3v) is 2.35. The van der Waals surface area contributed by atoms with Gasteiger partial charge in [0.05, 0.1) is 11.1 Å². The van der Waals surface area contributed by atoms with E-state index in [0.717, 1.165) is 0 Å². The predicted octanol–water partition coefficient (Wildman–Crippen LogP) is 3.45. The second kappa shape index (κ2) is 5.95. The lowest BCUT2D eigenvalue weighted by atomic mass is 10.0. The van der Waals surface area contributed by atoms with Gasteiger partial charge in [-0.15, -0.1) is 0 Å². The normalized spacial score (nSPS) is 11.6. The fourth-order valence-electron chi connectivity index (χ4n) is 1.43. The molecule has 1 aromatic rings. The lowest BCUT2D eigenvalue weighted by Gasteiger charge is -2.09. The van der Waals surface area contributed by atoms with Gasteiger partial charge in [0.1, 0.15) is 5.82 Å². The lowest BCUT2D eigenvalue weighted by molar-refractivity contribution is -0.137. The summed E-state index contributed by atoms with van der Waals surface area (Å²) in [6.07, 6.45) is -4.30. The number of carbonyl (C=O) groups excluding carboxylic acids is 1. The van der Waals surface area contributed by atoms with Crippen molar-refractivity contribution in [2.24, 2.45) is 0 Å². The van der Waals surface area contributed by atoms with E-state index in [-0.39, 0.29) is 6.42 Å². The van der Waals surface area contributed by atoms with E-state index in [1.165, 1.54) is 7.11 Å². The van der Waals surface area contributed by atoms with Crippen LogP contribution in [-0.2, 0) is 10.9 Å². The largest absolute Gasteiger partial charge is 0.416 e. The van der Waals surface area contributed by atoms with E-state index in [2.05, 4.69) is 0 Å². The van der Waals surface area contributed by atoms with Gasteiger partial charge in [0.2, 0.25) is 0 Å². The van der Waals surface area contributed by atoms with Crippen LogP contribution in [0.5, 0.6) is 0 Å². The van der Waals surface area contributed by atoms with Gasteiger partial charge in [0.15, 0.2) is 5.78 Å². The minimum atomic E-state index is -4.59. The molecule has 0 heterocycles. The molecule has 0 amide bonds. The highest BCUT2D eigenvalue weighted by Crippen LogP contribution is 2.30. The van der Waals surface area contributed by atoms with Crippen molar-refractivity contribution in [2.45, 2.75) is 19.0 Å². The van der Waals surface area contributed by atoms with Crippen LogP contribution in [0, 0.1) is 5.82 Å². The van der Waals surface area contributed by atoms with E-state index in [4.69, 9.17) is 4.74 Å². The van der Waals surface area contributed by atoms with Crippen LogP contribution < -0.4 is 0 Å². The maximum Gasteiger partial charge on any atom is 0.416 e. The van der Waals surface area contributed by atoms with E-state index < -0.39 is 28.9 Å². The summed E-state index contributed by atoms with van der Waals surface area (Å²) in [5.74, 6) is -1.60. The molecule has 0 bridgehead atoms. The molecule has 0 radical (unpaired) electrons. The number of ketones is 1. The summed E-state index contributed by atoms with van der Waals surface area (Å²) in [4.78, 5) is 11.6. The summed E-state index contributed by atoms with van der Waals surface area (Å²) in [5, 5.41) is 0. The first-order chi connectivity index (χ1) is 8.36. The number of carbonyl (C=O) groups is 1. The Kier molecular flexibility index (Phi) is 4.84. The topological polar surface area (TPSA) is 26.3 Å². The van der Waals surface area contributed by atoms with Crippen LogP contribution >= 0.6 is 0 Å². The molecule has 0 aliphatic rings. The van der Waals surface area contributed by atoms with Crippen molar-refractivity contribution in [1.82, 2.24) is 0 Å². The van der Waals surface area contributed by atoms with Gasteiger partial charge < -0.3 is 4.74 Å². The molecule has 0 aromatic heterocycles. The number of ether oxygens (including phenoxy) is 1. The van der Waals surface area contributed by atoms with Crippen molar-refractivity contribution in [3.8, 4) is 0 Å². The van der Waals surface area contributed by atoms with Crippen molar-refractivity contribution >= 4 is 5.78 Å². The maximum absolute atomic E-state index is 13.3. The van der Waals surface area contributed by atoms with Crippen molar-refractivity contribution < 1.29 is 27.1 Å². The molecule has 100 valence electrons. The zero-order chi connectivity index (χ0) is 13.8. The number of hydrogen-bond acceptors (Lipinski definition) is 2. The average molecular weight is 264 g/mol. The highest BCUT2D eigenvalue weighted by molar-refractivity contribution is 5.96. The molecular formula is C12H12F4O2. The Hall–Kier alpha value is -1.43. The van der Waals surface area contributed by atoms with Crippen LogP contribution in [0.4, 0.5) is 17.6 Å². The van der Waals surface area contributed by atoms with Crippen LogP contribution in [0.1, 0.15) is 28.8 Å². The van der Waals surface area contributed by atoms with Crippen molar-refractivity contribution in [2.75, 3.05) is 13.7 Å². The SMILES string of the molecule is COCCCC(=O)c1cc(C(F)(F)F)ccc1F. The number of benzene rings is 1. The average Bonchev–Trinajstić information content (AvgIpc) is 2.28. The molecule has 2 nitrogen and oxygen atoms in total. The quantitative estimate of drug-likeness (QED) is 0.462. The summed E-state index contributed by atoms with van der Waals surface area (Å²) in [7, 11) is 1.44. The highest BCUT2D eigenvalue weighted by Gasteiger charge is 2.31. The fraction of sp³-hybridized carbons (Fsp3) is 0.417. The second-order valence-corrected chi connectivity index (χ2v) is 3.71. The molecule has 0 N–H and O–H groups in total. The van der Waals surface area contributed by atoms with Crippen LogP contribution in [0.3, 0.4) is 0 Å². The Labute approximate surface area is 102 Å². The summed E-state index contributed by atoms with van der Waals surface area (Å²) < 4.78 is 55.3. The van der Waals surface area contributed by atoms with Crippen LogP contribution in [0.25, 0.3) is 0 Å². The molecule has 1 aromatic carbocycles. The summed E-state index contributed by atoms with van der Waals surface area (Å²) in [5.41, 5.74) is -1.56. The predicted molar refractivity (Wildman–Crippen MR) is 56.8 cm³/mol. The maximum atomic E-state index is 13.3. The van der Waals surface area contributed by atoms with Gasteiger partial charge in [0, 0.05) is 20.1 Å². The Morgan fingerprint density at radius 1 is 1.33 bits per heavy atom. The molecule has 0 atom stereocenters. The van der Waals surface area contributed by atoms with E-state index in [0.29, 0.717) is 31.2 Å². The summed E-state index contributed by atoms with van der Waals surface area (Å²) >= 11 is 0. The first-order valence-corrected chi connectivity index (χ1v) is 5.25. The zero-order valence-electron chi connectivity index (χ0n) is 9.68. The first kappa shape index (κ1) is 14.6.